The van der Waals surface area contributed by atoms with Crippen LogP contribution in [0.2, 0.25) is 0 Å². The fraction of sp³-hybridized carbons (Fsp3) is 0.121. The third kappa shape index (κ3) is 5.54. The van der Waals surface area contributed by atoms with Gasteiger partial charge in [0, 0.05) is 18.8 Å². The van der Waals surface area contributed by atoms with Gasteiger partial charge in [-0.1, -0.05) is 78.9 Å². The number of hydrogen-bond acceptors (Lipinski definition) is 2. The number of halogens is 1. The largest absolute Gasteiger partial charge is 0.481 e. The molecule has 0 spiro atoms. The number of fused-ring (bicyclic) bond motifs is 1. The van der Waals surface area contributed by atoms with Gasteiger partial charge in [0.1, 0.15) is 5.82 Å². The molecule has 0 unspecified atom stereocenters. The number of nitrogens with zero attached hydrogens (tertiary/aromatic N) is 1. The highest BCUT2D eigenvalue weighted by molar-refractivity contribution is 6.07. The minimum absolute atomic E-state index is 0.130. The summed E-state index contributed by atoms with van der Waals surface area (Å²) >= 11 is 0. The molecule has 5 rings (SSSR count). The summed E-state index contributed by atoms with van der Waals surface area (Å²) in [5.74, 6) is -1.29. The standard InChI is InChI=1S/C33H28FNO2/c1-23-30(29-17-16-27(34)19-32(29)31(23)20-33(36)37)18-24-12-14-26(15-13-24)22-35(28-10-6-3-7-11-28)21-25-8-4-2-5-9-25/h2-19H,20-22H2,1H3,(H,36,37)/b30-18-. The highest BCUT2D eigenvalue weighted by atomic mass is 19.1. The lowest BCUT2D eigenvalue weighted by Gasteiger charge is -2.25. The lowest BCUT2D eigenvalue weighted by Crippen LogP contribution is -2.22. The van der Waals surface area contributed by atoms with E-state index in [0.717, 1.165) is 35.4 Å². The van der Waals surface area contributed by atoms with Crippen molar-refractivity contribution < 1.29 is 14.3 Å². The molecule has 0 atom stereocenters. The van der Waals surface area contributed by atoms with Gasteiger partial charge in [0.05, 0.1) is 6.42 Å². The molecule has 0 aromatic heterocycles. The molecule has 0 saturated carbocycles. The zero-order chi connectivity index (χ0) is 25.8. The number of aliphatic carboxylic acids is 1. The predicted molar refractivity (Wildman–Crippen MR) is 148 cm³/mol. The van der Waals surface area contributed by atoms with Crippen LogP contribution >= 0.6 is 0 Å². The number of carbonyl (C=O) groups is 1. The summed E-state index contributed by atoms with van der Waals surface area (Å²) in [6.45, 7) is 3.48. The lowest BCUT2D eigenvalue weighted by atomic mass is 10.00. The molecule has 184 valence electrons. The Hall–Kier alpha value is -4.44. The molecule has 0 radical (unpaired) electrons. The number of para-hydroxylation sites is 1. The number of rotatable bonds is 8. The van der Waals surface area contributed by atoms with Gasteiger partial charge in [0.15, 0.2) is 0 Å². The molecular weight excluding hydrogens is 461 g/mol. The van der Waals surface area contributed by atoms with Crippen molar-refractivity contribution in [1.29, 1.82) is 0 Å². The fourth-order valence-corrected chi connectivity index (χ4v) is 4.92. The van der Waals surface area contributed by atoms with Crippen molar-refractivity contribution >= 4 is 28.9 Å². The number of hydrogen-bond donors (Lipinski definition) is 1. The smallest absolute Gasteiger partial charge is 0.307 e. The van der Waals surface area contributed by atoms with Gasteiger partial charge < -0.3 is 10.0 Å². The Kier molecular flexibility index (Phi) is 7.00. The third-order valence-corrected chi connectivity index (χ3v) is 6.78. The molecule has 4 heteroatoms. The van der Waals surface area contributed by atoms with Crippen molar-refractivity contribution in [3.63, 3.8) is 0 Å². The minimum atomic E-state index is -0.923. The van der Waals surface area contributed by atoms with Gasteiger partial charge in [-0.2, -0.15) is 0 Å². The van der Waals surface area contributed by atoms with Crippen LogP contribution in [-0.2, 0) is 17.9 Å². The summed E-state index contributed by atoms with van der Waals surface area (Å²) in [5.41, 5.74) is 8.65. The van der Waals surface area contributed by atoms with Crippen molar-refractivity contribution in [2.24, 2.45) is 0 Å². The molecule has 1 aliphatic rings. The van der Waals surface area contributed by atoms with E-state index in [-0.39, 0.29) is 12.2 Å². The first-order valence-corrected chi connectivity index (χ1v) is 12.3. The molecule has 0 bridgehead atoms. The lowest BCUT2D eigenvalue weighted by molar-refractivity contribution is -0.135. The Morgan fingerprint density at radius 3 is 2.08 bits per heavy atom. The van der Waals surface area contributed by atoms with Crippen LogP contribution in [0.1, 0.15) is 41.2 Å². The number of carboxylic acid groups (broad SMARTS) is 1. The van der Waals surface area contributed by atoms with Crippen molar-refractivity contribution in [1.82, 2.24) is 0 Å². The zero-order valence-electron chi connectivity index (χ0n) is 20.7. The number of anilines is 1. The third-order valence-electron chi connectivity index (χ3n) is 6.78. The summed E-state index contributed by atoms with van der Waals surface area (Å²) in [5, 5.41) is 9.39. The maximum Gasteiger partial charge on any atom is 0.307 e. The molecule has 0 amide bonds. The summed E-state index contributed by atoms with van der Waals surface area (Å²) in [6, 6.07) is 33.9. The van der Waals surface area contributed by atoms with E-state index in [1.165, 1.54) is 28.9 Å². The molecule has 37 heavy (non-hydrogen) atoms. The van der Waals surface area contributed by atoms with Crippen LogP contribution in [0.3, 0.4) is 0 Å². The topological polar surface area (TPSA) is 40.5 Å². The Bertz CT molecular complexity index is 1470. The van der Waals surface area contributed by atoms with Crippen molar-refractivity contribution in [3.05, 3.63) is 142 Å². The second kappa shape index (κ2) is 10.7. The highest BCUT2D eigenvalue weighted by Crippen LogP contribution is 2.43. The molecule has 0 saturated heterocycles. The van der Waals surface area contributed by atoms with E-state index >= 15 is 0 Å². The van der Waals surface area contributed by atoms with E-state index < -0.39 is 5.97 Å². The second-order valence-electron chi connectivity index (χ2n) is 9.34. The number of benzene rings is 4. The summed E-state index contributed by atoms with van der Waals surface area (Å²) < 4.78 is 14.0. The number of carboxylic acids is 1. The molecule has 0 fully saturated rings. The van der Waals surface area contributed by atoms with E-state index in [1.807, 2.05) is 19.1 Å². The zero-order valence-corrected chi connectivity index (χ0v) is 20.7. The fourth-order valence-electron chi connectivity index (χ4n) is 4.92. The van der Waals surface area contributed by atoms with Gasteiger partial charge in [0.25, 0.3) is 0 Å². The summed E-state index contributed by atoms with van der Waals surface area (Å²) in [6.07, 6.45) is 1.93. The minimum Gasteiger partial charge on any atom is -0.481 e. The monoisotopic (exact) mass is 489 g/mol. The van der Waals surface area contributed by atoms with Crippen LogP contribution in [0.15, 0.2) is 109 Å². The van der Waals surface area contributed by atoms with Gasteiger partial charge in [-0.25, -0.2) is 4.39 Å². The molecule has 0 heterocycles. The van der Waals surface area contributed by atoms with E-state index in [9.17, 15) is 14.3 Å². The van der Waals surface area contributed by atoms with Crippen LogP contribution in [0.4, 0.5) is 10.1 Å². The highest BCUT2D eigenvalue weighted by Gasteiger charge is 2.25. The Morgan fingerprint density at radius 2 is 1.43 bits per heavy atom. The molecule has 0 aliphatic heterocycles. The summed E-state index contributed by atoms with van der Waals surface area (Å²) in [4.78, 5) is 13.8. The van der Waals surface area contributed by atoms with Crippen molar-refractivity contribution in [3.8, 4) is 0 Å². The normalized spacial score (nSPS) is 13.6. The van der Waals surface area contributed by atoms with Crippen LogP contribution in [0, 0.1) is 5.82 Å². The maximum atomic E-state index is 14.0. The Labute approximate surface area is 216 Å². The van der Waals surface area contributed by atoms with E-state index in [0.29, 0.717) is 11.1 Å². The van der Waals surface area contributed by atoms with Gasteiger partial charge in [0.2, 0.25) is 0 Å². The average Bonchev–Trinajstić information content (AvgIpc) is 3.15. The SMILES string of the molecule is CC1=C(CC(=O)O)c2cc(F)ccc2/C1=C\c1ccc(CN(Cc2ccccc2)c2ccccc2)cc1. The Balaban J connectivity index is 1.41. The summed E-state index contributed by atoms with van der Waals surface area (Å²) in [7, 11) is 0. The van der Waals surface area contributed by atoms with Gasteiger partial charge in [-0.3, -0.25) is 4.79 Å². The molecule has 1 N–H and O–H groups in total. The van der Waals surface area contributed by atoms with Crippen LogP contribution in [-0.4, -0.2) is 11.1 Å². The van der Waals surface area contributed by atoms with Crippen molar-refractivity contribution in [2.45, 2.75) is 26.4 Å². The first kappa shape index (κ1) is 24.3. The van der Waals surface area contributed by atoms with Gasteiger partial charge in [-0.15, -0.1) is 0 Å². The van der Waals surface area contributed by atoms with Gasteiger partial charge in [-0.05, 0) is 81.8 Å². The first-order chi connectivity index (χ1) is 18.0. The molecule has 4 aromatic rings. The molecular formula is C33H28FNO2. The van der Waals surface area contributed by atoms with Crippen LogP contribution in [0.5, 0.6) is 0 Å². The maximum absolute atomic E-state index is 14.0. The molecule has 3 nitrogen and oxygen atoms in total. The quantitative estimate of drug-likeness (QED) is 0.274. The van der Waals surface area contributed by atoms with Crippen LogP contribution in [0.25, 0.3) is 17.2 Å². The van der Waals surface area contributed by atoms with E-state index in [1.54, 1.807) is 6.07 Å². The van der Waals surface area contributed by atoms with Crippen LogP contribution < -0.4 is 4.90 Å². The second-order valence-corrected chi connectivity index (χ2v) is 9.34. The van der Waals surface area contributed by atoms with Crippen molar-refractivity contribution in [2.75, 3.05) is 4.90 Å². The Morgan fingerprint density at radius 1 is 0.811 bits per heavy atom. The number of allylic oxidation sites excluding steroid dienone is 2. The van der Waals surface area contributed by atoms with E-state index in [4.69, 9.17) is 0 Å². The molecule has 1 aliphatic carbocycles. The first-order valence-electron chi connectivity index (χ1n) is 12.3. The average molecular weight is 490 g/mol. The molecule has 4 aromatic carbocycles. The predicted octanol–water partition coefficient (Wildman–Crippen LogP) is 7.83. The van der Waals surface area contributed by atoms with E-state index in [2.05, 4.69) is 83.8 Å². The van der Waals surface area contributed by atoms with Gasteiger partial charge >= 0.3 is 5.97 Å².